The molecular formula is C12H10BrClN2O3S2. The normalized spacial score (nSPS) is 11.3. The zero-order valence-electron chi connectivity index (χ0n) is 10.5. The first-order valence-corrected chi connectivity index (χ1v) is 9.14. The van der Waals surface area contributed by atoms with Crippen LogP contribution in [0.5, 0.6) is 0 Å². The molecule has 1 aromatic carbocycles. The summed E-state index contributed by atoms with van der Waals surface area (Å²) in [7, 11) is -3.68. The van der Waals surface area contributed by atoms with Crippen LogP contribution in [0.3, 0.4) is 0 Å². The average molecular weight is 410 g/mol. The molecule has 2 N–H and O–H groups in total. The minimum atomic E-state index is -3.68. The van der Waals surface area contributed by atoms with E-state index in [2.05, 4.69) is 26.0 Å². The summed E-state index contributed by atoms with van der Waals surface area (Å²) in [5.41, 5.74) is 0.544. The molecule has 0 unspecified atom stereocenters. The van der Waals surface area contributed by atoms with E-state index in [1.807, 2.05) is 0 Å². The van der Waals surface area contributed by atoms with Gasteiger partial charge in [-0.2, -0.15) is 0 Å². The van der Waals surface area contributed by atoms with Crippen LogP contribution in [-0.2, 0) is 14.8 Å². The van der Waals surface area contributed by atoms with Gasteiger partial charge in [-0.15, -0.1) is 11.3 Å². The van der Waals surface area contributed by atoms with Gasteiger partial charge in [-0.1, -0.05) is 11.6 Å². The molecule has 0 fully saturated rings. The number of thiophene rings is 1. The first-order chi connectivity index (χ1) is 9.87. The lowest BCUT2D eigenvalue weighted by atomic mass is 10.3. The standard InChI is InChI=1S/C12H10BrClN2O3S2/c13-10-5-6-12(20-10)21(18,19)15-7-11(17)16-9-3-1-8(14)2-4-9/h1-6,15H,7H2,(H,16,17). The second-order valence-electron chi connectivity index (χ2n) is 3.94. The molecule has 2 rings (SSSR count). The number of carbonyl (C=O) groups is 1. The molecule has 0 spiro atoms. The number of amides is 1. The number of carbonyl (C=O) groups excluding carboxylic acids is 1. The fraction of sp³-hybridized carbons (Fsp3) is 0.0833. The zero-order valence-corrected chi connectivity index (χ0v) is 14.4. The summed E-state index contributed by atoms with van der Waals surface area (Å²) >= 11 is 9.99. The third-order valence-electron chi connectivity index (χ3n) is 2.36. The Kier molecular flexibility index (Phi) is 5.39. The van der Waals surface area contributed by atoms with Crippen LogP contribution < -0.4 is 10.0 Å². The number of rotatable bonds is 5. The van der Waals surface area contributed by atoms with Crippen molar-refractivity contribution in [3.05, 3.63) is 45.2 Å². The van der Waals surface area contributed by atoms with Crippen LogP contribution in [-0.4, -0.2) is 20.9 Å². The fourth-order valence-electron chi connectivity index (χ4n) is 1.41. The Morgan fingerprint density at radius 2 is 1.86 bits per heavy atom. The largest absolute Gasteiger partial charge is 0.325 e. The van der Waals surface area contributed by atoms with E-state index in [-0.39, 0.29) is 10.8 Å². The maximum absolute atomic E-state index is 11.9. The number of nitrogens with one attached hydrogen (secondary N) is 2. The highest BCUT2D eigenvalue weighted by molar-refractivity contribution is 9.11. The lowest BCUT2D eigenvalue weighted by Gasteiger charge is -2.06. The van der Waals surface area contributed by atoms with Gasteiger partial charge < -0.3 is 5.32 Å². The van der Waals surface area contributed by atoms with Crippen molar-refractivity contribution in [1.29, 1.82) is 0 Å². The lowest BCUT2D eigenvalue weighted by molar-refractivity contribution is -0.115. The molecule has 0 aliphatic carbocycles. The van der Waals surface area contributed by atoms with Crippen molar-refractivity contribution in [2.75, 3.05) is 11.9 Å². The van der Waals surface area contributed by atoms with E-state index in [4.69, 9.17) is 11.6 Å². The highest BCUT2D eigenvalue weighted by atomic mass is 79.9. The topological polar surface area (TPSA) is 75.3 Å². The second-order valence-corrected chi connectivity index (χ2v) is 8.83. The van der Waals surface area contributed by atoms with Crippen molar-refractivity contribution in [3.8, 4) is 0 Å². The molecule has 2 aromatic rings. The molecule has 1 aromatic heterocycles. The molecule has 0 aliphatic rings. The highest BCUT2D eigenvalue weighted by Gasteiger charge is 2.17. The molecule has 112 valence electrons. The number of hydrogen-bond acceptors (Lipinski definition) is 4. The predicted octanol–water partition coefficient (Wildman–Crippen LogP) is 3.08. The summed E-state index contributed by atoms with van der Waals surface area (Å²) in [6.07, 6.45) is 0. The third-order valence-corrected chi connectivity index (χ3v) is 6.13. The van der Waals surface area contributed by atoms with Crippen molar-refractivity contribution < 1.29 is 13.2 Å². The van der Waals surface area contributed by atoms with Gasteiger partial charge in [0.25, 0.3) is 10.0 Å². The Bertz CT molecular complexity index is 744. The summed E-state index contributed by atoms with van der Waals surface area (Å²) in [6.45, 7) is -0.347. The average Bonchev–Trinajstić information content (AvgIpc) is 2.87. The third kappa shape index (κ3) is 4.79. The van der Waals surface area contributed by atoms with E-state index in [0.29, 0.717) is 14.5 Å². The van der Waals surface area contributed by atoms with Crippen molar-refractivity contribution in [2.45, 2.75) is 4.21 Å². The molecule has 0 saturated heterocycles. The van der Waals surface area contributed by atoms with Gasteiger partial charge >= 0.3 is 0 Å². The molecule has 0 saturated carbocycles. The van der Waals surface area contributed by atoms with Gasteiger partial charge in [-0.25, -0.2) is 13.1 Å². The number of hydrogen-bond donors (Lipinski definition) is 2. The Labute approximate surface area is 139 Å². The van der Waals surface area contributed by atoms with Gasteiger partial charge in [0, 0.05) is 10.7 Å². The van der Waals surface area contributed by atoms with Crippen LogP contribution in [0.4, 0.5) is 5.69 Å². The highest BCUT2D eigenvalue weighted by Crippen LogP contribution is 2.25. The predicted molar refractivity (Wildman–Crippen MR) is 87.3 cm³/mol. The molecule has 0 aliphatic heterocycles. The molecule has 0 radical (unpaired) electrons. The van der Waals surface area contributed by atoms with Crippen molar-refractivity contribution in [3.63, 3.8) is 0 Å². The maximum Gasteiger partial charge on any atom is 0.250 e. The lowest BCUT2D eigenvalue weighted by Crippen LogP contribution is -2.32. The molecule has 0 atom stereocenters. The molecule has 5 nitrogen and oxygen atoms in total. The monoisotopic (exact) mass is 408 g/mol. The van der Waals surface area contributed by atoms with Crippen LogP contribution >= 0.6 is 38.9 Å². The van der Waals surface area contributed by atoms with Crippen molar-refractivity contribution in [2.24, 2.45) is 0 Å². The summed E-state index contributed by atoms with van der Waals surface area (Å²) in [6, 6.07) is 9.62. The van der Waals surface area contributed by atoms with Gasteiger partial charge in [0.1, 0.15) is 4.21 Å². The minimum absolute atomic E-state index is 0.147. The molecule has 0 bridgehead atoms. The van der Waals surface area contributed by atoms with Gasteiger partial charge in [0.05, 0.1) is 10.3 Å². The molecule has 21 heavy (non-hydrogen) atoms. The van der Waals surface area contributed by atoms with Crippen molar-refractivity contribution >= 4 is 60.5 Å². The first kappa shape index (κ1) is 16.4. The van der Waals surface area contributed by atoms with Gasteiger partial charge in [0.2, 0.25) is 5.91 Å². The van der Waals surface area contributed by atoms with E-state index in [1.54, 1.807) is 30.3 Å². The fourth-order valence-corrected chi connectivity index (χ4v) is 4.57. The molecular weight excluding hydrogens is 400 g/mol. The molecule has 1 amide bonds. The summed E-state index contributed by atoms with van der Waals surface area (Å²) in [5.74, 6) is -0.462. The molecule has 9 heteroatoms. The molecule has 1 heterocycles. The number of anilines is 1. The van der Waals surface area contributed by atoms with Gasteiger partial charge in [0.15, 0.2) is 0 Å². The van der Waals surface area contributed by atoms with E-state index in [1.165, 1.54) is 6.07 Å². The maximum atomic E-state index is 11.9. The van der Waals surface area contributed by atoms with Gasteiger partial charge in [-0.05, 0) is 52.3 Å². The van der Waals surface area contributed by atoms with E-state index < -0.39 is 15.9 Å². The van der Waals surface area contributed by atoms with Gasteiger partial charge in [-0.3, -0.25) is 4.79 Å². The summed E-state index contributed by atoms with van der Waals surface area (Å²) in [4.78, 5) is 11.7. The van der Waals surface area contributed by atoms with Crippen LogP contribution in [0.15, 0.2) is 44.4 Å². The van der Waals surface area contributed by atoms with Crippen LogP contribution in [0.25, 0.3) is 0 Å². The van der Waals surface area contributed by atoms with E-state index in [9.17, 15) is 13.2 Å². The number of benzene rings is 1. The SMILES string of the molecule is O=C(CNS(=O)(=O)c1ccc(Br)s1)Nc1ccc(Cl)cc1. The Morgan fingerprint density at radius 1 is 1.19 bits per heavy atom. The Morgan fingerprint density at radius 3 is 2.43 bits per heavy atom. The zero-order chi connectivity index (χ0) is 15.5. The summed E-state index contributed by atoms with van der Waals surface area (Å²) in [5, 5.41) is 3.12. The van der Waals surface area contributed by atoms with Crippen LogP contribution in [0, 0.1) is 0 Å². The smallest absolute Gasteiger partial charge is 0.250 e. The quantitative estimate of drug-likeness (QED) is 0.797. The summed E-state index contributed by atoms with van der Waals surface area (Å²) < 4.78 is 26.9. The van der Waals surface area contributed by atoms with E-state index >= 15 is 0 Å². The van der Waals surface area contributed by atoms with Crippen LogP contribution in [0.2, 0.25) is 5.02 Å². The first-order valence-electron chi connectivity index (χ1n) is 5.67. The Balaban J connectivity index is 1.93. The van der Waals surface area contributed by atoms with E-state index in [0.717, 1.165) is 11.3 Å². The minimum Gasteiger partial charge on any atom is -0.325 e. The Hall–Kier alpha value is -0.930. The number of sulfonamides is 1. The second kappa shape index (κ2) is 6.89. The number of halogens is 2. The van der Waals surface area contributed by atoms with Crippen LogP contribution in [0.1, 0.15) is 0 Å². The van der Waals surface area contributed by atoms with Crippen molar-refractivity contribution in [1.82, 2.24) is 4.72 Å².